The van der Waals surface area contributed by atoms with Gasteiger partial charge in [0.05, 0.1) is 0 Å². The molecular formula is C15H25N3O3. The van der Waals surface area contributed by atoms with Gasteiger partial charge in [-0.3, -0.25) is 0 Å². The molecule has 2 rings (SSSR count). The number of rotatable bonds is 2. The highest BCUT2D eigenvalue weighted by molar-refractivity contribution is 5.68. The van der Waals surface area contributed by atoms with Crippen molar-refractivity contribution in [2.24, 2.45) is 13.0 Å². The second-order valence-corrected chi connectivity index (χ2v) is 6.65. The van der Waals surface area contributed by atoms with Crippen molar-refractivity contribution in [3.63, 3.8) is 0 Å². The number of ether oxygens (including phenoxy) is 1. The monoisotopic (exact) mass is 295 g/mol. The third-order valence-electron chi connectivity index (χ3n) is 3.76. The lowest BCUT2D eigenvalue weighted by Crippen LogP contribution is -2.42. The van der Waals surface area contributed by atoms with E-state index in [4.69, 9.17) is 4.74 Å². The number of likely N-dealkylation sites (tertiary alicyclic amines) is 1. The Balaban J connectivity index is 1.89. The average Bonchev–Trinajstić information content (AvgIpc) is 2.82. The summed E-state index contributed by atoms with van der Waals surface area (Å²) in [6.45, 7) is 6.82. The molecule has 1 N–H and O–H groups in total. The summed E-state index contributed by atoms with van der Waals surface area (Å²) in [6.07, 6.45) is 4.18. The Morgan fingerprint density at radius 2 is 2.05 bits per heavy atom. The zero-order valence-electron chi connectivity index (χ0n) is 13.2. The van der Waals surface area contributed by atoms with Crippen LogP contribution in [0.2, 0.25) is 0 Å². The molecule has 1 saturated heterocycles. The zero-order valence-corrected chi connectivity index (χ0v) is 13.2. The predicted octanol–water partition coefficient (Wildman–Crippen LogP) is 2.10. The third-order valence-corrected chi connectivity index (χ3v) is 3.76. The first-order chi connectivity index (χ1) is 9.78. The minimum absolute atomic E-state index is 0.129. The van der Waals surface area contributed by atoms with Gasteiger partial charge in [0.1, 0.15) is 17.5 Å². The molecule has 1 aliphatic heterocycles. The molecule has 0 aliphatic carbocycles. The fraction of sp³-hybridized carbons (Fsp3) is 0.733. The maximum absolute atomic E-state index is 12.0. The average molecular weight is 295 g/mol. The van der Waals surface area contributed by atoms with Crippen molar-refractivity contribution in [2.75, 3.05) is 13.1 Å². The molecular weight excluding hydrogens is 270 g/mol. The number of aromatic nitrogens is 2. The van der Waals surface area contributed by atoms with E-state index in [-0.39, 0.29) is 12.0 Å². The Hall–Kier alpha value is -1.56. The number of hydrogen-bond donors (Lipinski definition) is 1. The molecule has 0 radical (unpaired) electrons. The van der Waals surface area contributed by atoms with Crippen LogP contribution in [-0.4, -0.2) is 44.3 Å². The number of nitrogens with zero attached hydrogens (tertiary/aromatic N) is 3. The summed E-state index contributed by atoms with van der Waals surface area (Å²) in [5.41, 5.74) is -0.472. The Morgan fingerprint density at radius 1 is 1.43 bits per heavy atom. The van der Waals surface area contributed by atoms with Gasteiger partial charge in [0, 0.05) is 32.5 Å². The van der Waals surface area contributed by atoms with Gasteiger partial charge in [0.25, 0.3) is 0 Å². The standard InChI is InChI=1S/C15H25N3O3/c1-15(2,3)21-14(20)18-8-5-11(6-9-18)12(19)13-16-7-10-17(13)4/h7,10-12,19H,5-6,8-9H2,1-4H3. The summed E-state index contributed by atoms with van der Waals surface area (Å²) < 4.78 is 7.21. The molecule has 0 bridgehead atoms. The number of aryl methyl sites for hydroxylation is 1. The molecule has 1 fully saturated rings. The summed E-state index contributed by atoms with van der Waals surface area (Å²) in [5, 5.41) is 10.4. The number of hydrogen-bond acceptors (Lipinski definition) is 4. The smallest absolute Gasteiger partial charge is 0.410 e. The number of imidazole rings is 1. The van der Waals surface area contributed by atoms with Gasteiger partial charge in [-0.25, -0.2) is 9.78 Å². The van der Waals surface area contributed by atoms with E-state index in [0.717, 1.165) is 12.8 Å². The predicted molar refractivity (Wildman–Crippen MR) is 78.7 cm³/mol. The van der Waals surface area contributed by atoms with E-state index in [1.807, 2.05) is 38.6 Å². The summed E-state index contributed by atoms with van der Waals surface area (Å²) in [5.74, 6) is 0.815. The topological polar surface area (TPSA) is 67.6 Å². The Labute approximate surface area is 125 Å². The second kappa shape index (κ2) is 6.05. The molecule has 1 aromatic heterocycles. The number of piperidine rings is 1. The molecule has 1 aromatic rings. The zero-order chi connectivity index (χ0) is 15.6. The van der Waals surface area contributed by atoms with E-state index in [1.165, 1.54) is 0 Å². The first-order valence-electron chi connectivity index (χ1n) is 7.41. The minimum Gasteiger partial charge on any atom is -0.444 e. The van der Waals surface area contributed by atoms with Gasteiger partial charge in [-0.15, -0.1) is 0 Å². The van der Waals surface area contributed by atoms with Gasteiger partial charge in [-0.1, -0.05) is 0 Å². The van der Waals surface area contributed by atoms with Gasteiger partial charge in [-0.2, -0.15) is 0 Å². The fourth-order valence-electron chi connectivity index (χ4n) is 2.60. The van der Waals surface area contributed by atoms with E-state index in [2.05, 4.69) is 4.98 Å². The first-order valence-corrected chi connectivity index (χ1v) is 7.41. The highest BCUT2D eigenvalue weighted by Crippen LogP contribution is 2.30. The van der Waals surface area contributed by atoms with Crippen LogP contribution >= 0.6 is 0 Å². The van der Waals surface area contributed by atoms with Crippen molar-refractivity contribution in [3.8, 4) is 0 Å². The van der Waals surface area contributed by atoms with Crippen molar-refractivity contribution < 1.29 is 14.6 Å². The van der Waals surface area contributed by atoms with Crippen LogP contribution in [0, 0.1) is 5.92 Å². The molecule has 21 heavy (non-hydrogen) atoms. The molecule has 0 aromatic carbocycles. The molecule has 2 heterocycles. The first kappa shape index (κ1) is 15.8. The summed E-state index contributed by atoms with van der Waals surface area (Å²) >= 11 is 0. The van der Waals surface area contributed by atoms with Crippen molar-refractivity contribution in [2.45, 2.75) is 45.3 Å². The molecule has 6 heteroatoms. The van der Waals surface area contributed by atoms with Crippen LogP contribution in [-0.2, 0) is 11.8 Å². The maximum atomic E-state index is 12.0. The lowest BCUT2D eigenvalue weighted by Gasteiger charge is -2.35. The van der Waals surface area contributed by atoms with Crippen LogP contribution in [0.1, 0.15) is 45.5 Å². The molecule has 1 amide bonds. The Morgan fingerprint density at radius 3 is 2.52 bits per heavy atom. The molecule has 0 spiro atoms. The fourth-order valence-corrected chi connectivity index (χ4v) is 2.60. The highest BCUT2D eigenvalue weighted by atomic mass is 16.6. The Bertz CT molecular complexity index is 485. The summed E-state index contributed by atoms with van der Waals surface area (Å²) in [6, 6.07) is 0. The normalized spacial score (nSPS) is 18.6. The minimum atomic E-state index is -0.578. The van der Waals surface area contributed by atoms with E-state index in [0.29, 0.717) is 18.9 Å². The lowest BCUT2D eigenvalue weighted by molar-refractivity contribution is 0.00617. The number of amides is 1. The van der Waals surface area contributed by atoms with Crippen molar-refractivity contribution >= 4 is 6.09 Å². The lowest BCUT2D eigenvalue weighted by atomic mass is 9.91. The maximum Gasteiger partial charge on any atom is 0.410 e. The van der Waals surface area contributed by atoms with Crippen molar-refractivity contribution in [1.29, 1.82) is 0 Å². The van der Waals surface area contributed by atoms with Gasteiger partial charge in [0.15, 0.2) is 0 Å². The number of carbonyl (C=O) groups excluding carboxylic acids is 1. The Kier molecular flexibility index (Phi) is 4.56. The molecule has 1 aliphatic rings. The van der Waals surface area contributed by atoms with E-state index in [9.17, 15) is 9.90 Å². The van der Waals surface area contributed by atoms with E-state index in [1.54, 1.807) is 11.1 Å². The van der Waals surface area contributed by atoms with Crippen molar-refractivity contribution in [3.05, 3.63) is 18.2 Å². The molecule has 1 unspecified atom stereocenters. The number of carbonyl (C=O) groups is 1. The quantitative estimate of drug-likeness (QED) is 0.907. The van der Waals surface area contributed by atoms with Crippen LogP contribution in [0.5, 0.6) is 0 Å². The van der Waals surface area contributed by atoms with Crippen molar-refractivity contribution in [1.82, 2.24) is 14.5 Å². The second-order valence-electron chi connectivity index (χ2n) is 6.65. The highest BCUT2D eigenvalue weighted by Gasteiger charge is 2.31. The van der Waals surface area contributed by atoms with Crippen LogP contribution in [0.4, 0.5) is 4.79 Å². The third kappa shape index (κ3) is 3.97. The molecule has 6 nitrogen and oxygen atoms in total. The number of aliphatic hydroxyl groups excluding tert-OH is 1. The summed E-state index contributed by atoms with van der Waals surface area (Å²) in [4.78, 5) is 17.9. The molecule has 1 atom stereocenters. The van der Waals surface area contributed by atoms with Gasteiger partial charge in [-0.05, 0) is 39.5 Å². The number of aliphatic hydroxyl groups is 1. The van der Waals surface area contributed by atoms with E-state index < -0.39 is 11.7 Å². The van der Waals surface area contributed by atoms with Crippen LogP contribution < -0.4 is 0 Å². The SMILES string of the molecule is Cn1ccnc1C(O)C1CCN(C(=O)OC(C)(C)C)CC1. The largest absolute Gasteiger partial charge is 0.444 e. The molecule has 118 valence electrons. The van der Waals surface area contributed by atoms with Crippen LogP contribution in [0.25, 0.3) is 0 Å². The van der Waals surface area contributed by atoms with Gasteiger partial charge in [0.2, 0.25) is 0 Å². The summed E-state index contributed by atoms with van der Waals surface area (Å²) in [7, 11) is 1.88. The van der Waals surface area contributed by atoms with Crippen LogP contribution in [0.15, 0.2) is 12.4 Å². The van der Waals surface area contributed by atoms with Gasteiger partial charge < -0.3 is 19.3 Å². The van der Waals surface area contributed by atoms with Gasteiger partial charge >= 0.3 is 6.09 Å². The van der Waals surface area contributed by atoms with Crippen LogP contribution in [0.3, 0.4) is 0 Å². The van der Waals surface area contributed by atoms with E-state index >= 15 is 0 Å². The molecule has 0 saturated carbocycles.